The summed E-state index contributed by atoms with van der Waals surface area (Å²) in [6, 6.07) is 7.75. The molecule has 0 saturated carbocycles. The molecule has 122 valence electrons. The second kappa shape index (κ2) is 8.15. The van der Waals surface area contributed by atoms with E-state index in [0.717, 1.165) is 24.2 Å². The highest BCUT2D eigenvalue weighted by Crippen LogP contribution is 2.23. The number of benzene rings is 1. The lowest BCUT2D eigenvalue weighted by Crippen LogP contribution is -2.42. The highest BCUT2D eigenvalue weighted by atomic mass is 16.5. The second-order valence-corrected chi connectivity index (χ2v) is 5.78. The predicted molar refractivity (Wildman–Crippen MR) is 83.7 cm³/mol. The van der Waals surface area contributed by atoms with Crippen LogP contribution < -0.4 is 4.74 Å². The van der Waals surface area contributed by atoms with Crippen LogP contribution in [0, 0.1) is 5.92 Å². The molecule has 1 heterocycles. The third kappa shape index (κ3) is 4.21. The van der Waals surface area contributed by atoms with Crippen LogP contribution in [0.25, 0.3) is 0 Å². The van der Waals surface area contributed by atoms with E-state index in [4.69, 9.17) is 9.84 Å². The summed E-state index contributed by atoms with van der Waals surface area (Å²) in [7, 11) is 1.64. The quantitative estimate of drug-likeness (QED) is 0.829. The number of piperidine rings is 1. The van der Waals surface area contributed by atoms with Crippen LogP contribution in [0.2, 0.25) is 0 Å². The van der Waals surface area contributed by atoms with E-state index in [9.17, 15) is 9.90 Å². The van der Waals surface area contributed by atoms with E-state index in [0.29, 0.717) is 25.9 Å². The standard InChI is InChI=1S/C17H25NO4/c1-22-16-5-3-2-4-14(16)6-7-17(21)18-10-8-13(9-11-18)15(20)12-19/h2-5,13,15,19-20H,6-12H2,1H3. The van der Waals surface area contributed by atoms with Gasteiger partial charge in [-0.3, -0.25) is 4.79 Å². The Morgan fingerprint density at radius 3 is 2.68 bits per heavy atom. The van der Waals surface area contributed by atoms with E-state index in [1.807, 2.05) is 29.2 Å². The lowest BCUT2D eigenvalue weighted by molar-refractivity contribution is -0.133. The maximum atomic E-state index is 12.3. The number of hydrogen-bond acceptors (Lipinski definition) is 4. The number of para-hydroxylation sites is 1. The lowest BCUT2D eigenvalue weighted by atomic mass is 9.91. The molecule has 1 aromatic rings. The number of amides is 1. The highest BCUT2D eigenvalue weighted by molar-refractivity contribution is 5.76. The Hall–Kier alpha value is -1.59. The van der Waals surface area contributed by atoms with E-state index < -0.39 is 6.10 Å². The monoisotopic (exact) mass is 307 g/mol. The van der Waals surface area contributed by atoms with Crippen molar-refractivity contribution in [1.29, 1.82) is 0 Å². The molecular formula is C17H25NO4. The molecule has 0 radical (unpaired) electrons. The van der Waals surface area contributed by atoms with Crippen molar-refractivity contribution in [3.63, 3.8) is 0 Å². The van der Waals surface area contributed by atoms with E-state index >= 15 is 0 Å². The van der Waals surface area contributed by atoms with E-state index in [2.05, 4.69) is 0 Å². The number of ether oxygens (including phenoxy) is 1. The van der Waals surface area contributed by atoms with Crippen LogP contribution in [-0.4, -0.2) is 53.9 Å². The first-order valence-corrected chi connectivity index (χ1v) is 7.84. The van der Waals surface area contributed by atoms with Crippen LogP contribution in [0.15, 0.2) is 24.3 Å². The minimum Gasteiger partial charge on any atom is -0.496 e. The molecule has 22 heavy (non-hydrogen) atoms. The molecule has 0 bridgehead atoms. The maximum absolute atomic E-state index is 12.3. The Bertz CT molecular complexity index is 483. The largest absolute Gasteiger partial charge is 0.496 e. The molecule has 2 rings (SSSR count). The number of aliphatic hydroxyl groups excluding tert-OH is 2. The van der Waals surface area contributed by atoms with Crippen molar-refractivity contribution in [3.05, 3.63) is 29.8 Å². The average Bonchev–Trinajstić information content (AvgIpc) is 2.59. The van der Waals surface area contributed by atoms with Gasteiger partial charge in [0.25, 0.3) is 0 Å². The first-order valence-electron chi connectivity index (χ1n) is 7.84. The zero-order chi connectivity index (χ0) is 15.9. The number of aryl methyl sites for hydroxylation is 1. The van der Waals surface area contributed by atoms with Gasteiger partial charge in [-0.25, -0.2) is 0 Å². The van der Waals surface area contributed by atoms with Crippen LogP contribution in [0.4, 0.5) is 0 Å². The van der Waals surface area contributed by atoms with Crippen LogP contribution >= 0.6 is 0 Å². The molecule has 5 heteroatoms. The minimum atomic E-state index is -0.661. The minimum absolute atomic E-state index is 0.100. The molecule has 1 amide bonds. The highest BCUT2D eigenvalue weighted by Gasteiger charge is 2.26. The molecule has 5 nitrogen and oxygen atoms in total. The van der Waals surface area contributed by atoms with Gasteiger partial charge in [-0.05, 0) is 36.8 Å². The van der Waals surface area contributed by atoms with Crippen molar-refractivity contribution in [2.45, 2.75) is 31.8 Å². The molecule has 0 aromatic heterocycles. The SMILES string of the molecule is COc1ccccc1CCC(=O)N1CCC(C(O)CO)CC1. The maximum Gasteiger partial charge on any atom is 0.222 e. The van der Waals surface area contributed by atoms with E-state index in [1.165, 1.54) is 0 Å². The zero-order valence-corrected chi connectivity index (χ0v) is 13.1. The van der Waals surface area contributed by atoms with Gasteiger partial charge in [-0.2, -0.15) is 0 Å². The molecule has 1 atom stereocenters. The molecule has 2 N–H and O–H groups in total. The van der Waals surface area contributed by atoms with Gasteiger partial charge in [0.1, 0.15) is 5.75 Å². The molecule has 0 aliphatic carbocycles. The fourth-order valence-corrected chi connectivity index (χ4v) is 2.99. The second-order valence-electron chi connectivity index (χ2n) is 5.78. The smallest absolute Gasteiger partial charge is 0.222 e. The summed E-state index contributed by atoms with van der Waals surface area (Å²) in [6.07, 6.45) is 1.98. The van der Waals surface area contributed by atoms with Crippen molar-refractivity contribution in [1.82, 2.24) is 4.90 Å². The van der Waals surface area contributed by atoms with Gasteiger partial charge in [-0.15, -0.1) is 0 Å². The fraction of sp³-hybridized carbons (Fsp3) is 0.588. The zero-order valence-electron chi connectivity index (χ0n) is 13.1. The van der Waals surface area contributed by atoms with Gasteiger partial charge in [0.05, 0.1) is 19.8 Å². The van der Waals surface area contributed by atoms with Crippen LogP contribution in [-0.2, 0) is 11.2 Å². The third-order valence-electron chi connectivity index (χ3n) is 4.42. The summed E-state index contributed by atoms with van der Waals surface area (Å²) in [5.74, 6) is 1.06. The van der Waals surface area contributed by atoms with Gasteiger partial charge < -0.3 is 19.8 Å². The number of likely N-dealkylation sites (tertiary alicyclic amines) is 1. The number of hydrogen-bond donors (Lipinski definition) is 2. The summed E-state index contributed by atoms with van der Waals surface area (Å²) in [5, 5.41) is 18.6. The van der Waals surface area contributed by atoms with Crippen LogP contribution in [0.5, 0.6) is 5.75 Å². The first kappa shape index (κ1) is 16.8. The number of methoxy groups -OCH3 is 1. The Labute approximate surface area is 131 Å². The summed E-state index contributed by atoms with van der Waals surface area (Å²) < 4.78 is 5.30. The summed E-state index contributed by atoms with van der Waals surface area (Å²) in [4.78, 5) is 14.1. The van der Waals surface area contributed by atoms with Gasteiger partial charge in [0.15, 0.2) is 0 Å². The van der Waals surface area contributed by atoms with Crippen LogP contribution in [0.3, 0.4) is 0 Å². The summed E-state index contributed by atoms with van der Waals surface area (Å²) in [6.45, 7) is 1.12. The van der Waals surface area contributed by atoms with E-state index in [1.54, 1.807) is 7.11 Å². The summed E-state index contributed by atoms with van der Waals surface area (Å²) in [5.41, 5.74) is 1.05. The lowest BCUT2D eigenvalue weighted by Gasteiger charge is -2.33. The van der Waals surface area contributed by atoms with Crippen molar-refractivity contribution in [2.75, 3.05) is 26.8 Å². The molecule has 1 aliphatic rings. The normalized spacial score (nSPS) is 17.3. The third-order valence-corrected chi connectivity index (χ3v) is 4.42. The van der Waals surface area contributed by atoms with Crippen molar-refractivity contribution >= 4 is 5.91 Å². The van der Waals surface area contributed by atoms with Crippen molar-refractivity contribution in [3.8, 4) is 5.75 Å². The van der Waals surface area contributed by atoms with Crippen molar-refractivity contribution in [2.24, 2.45) is 5.92 Å². The Balaban J connectivity index is 1.81. The first-order chi connectivity index (χ1) is 10.7. The Morgan fingerprint density at radius 1 is 1.36 bits per heavy atom. The molecular weight excluding hydrogens is 282 g/mol. The Morgan fingerprint density at radius 2 is 2.05 bits per heavy atom. The predicted octanol–water partition coefficient (Wildman–Crippen LogP) is 1.22. The molecule has 1 aliphatic heterocycles. The van der Waals surface area contributed by atoms with E-state index in [-0.39, 0.29) is 18.4 Å². The van der Waals surface area contributed by atoms with Gasteiger partial charge >= 0.3 is 0 Å². The average molecular weight is 307 g/mol. The van der Waals surface area contributed by atoms with Gasteiger partial charge in [-0.1, -0.05) is 18.2 Å². The molecule has 0 spiro atoms. The Kier molecular flexibility index (Phi) is 6.21. The van der Waals surface area contributed by atoms with Gasteiger partial charge in [0, 0.05) is 19.5 Å². The molecule has 1 unspecified atom stereocenters. The number of carbonyl (C=O) groups excluding carboxylic acids is 1. The topological polar surface area (TPSA) is 70.0 Å². The van der Waals surface area contributed by atoms with Crippen molar-refractivity contribution < 1.29 is 19.7 Å². The molecule has 1 aromatic carbocycles. The fourth-order valence-electron chi connectivity index (χ4n) is 2.99. The van der Waals surface area contributed by atoms with Crippen LogP contribution in [0.1, 0.15) is 24.8 Å². The molecule has 1 fully saturated rings. The number of aliphatic hydroxyl groups is 2. The number of nitrogens with zero attached hydrogens (tertiary/aromatic N) is 1. The number of rotatable bonds is 6. The summed E-state index contributed by atoms with van der Waals surface area (Å²) >= 11 is 0. The number of carbonyl (C=O) groups is 1. The van der Waals surface area contributed by atoms with Gasteiger partial charge in [0.2, 0.25) is 5.91 Å². The molecule has 1 saturated heterocycles.